The number of amidine groups is 1. The number of benzene rings is 1. The maximum atomic E-state index is 12.1. The molecule has 1 aromatic heterocycles. The normalized spacial score (nSPS) is 11.9. The Morgan fingerprint density at radius 1 is 1.16 bits per heavy atom. The maximum Gasteiger partial charge on any atom is 0.322 e. The van der Waals surface area contributed by atoms with Gasteiger partial charge in [0, 0.05) is 6.07 Å². The first kappa shape index (κ1) is 13.5. The van der Waals surface area contributed by atoms with Gasteiger partial charge in [0.2, 0.25) is 0 Å². The van der Waals surface area contributed by atoms with Crippen LogP contribution in [0.5, 0.6) is 0 Å². The molecule has 0 aliphatic rings. The molecular formula is C12H7Cl2N3O2. The van der Waals surface area contributed by atoms with E-state index in [1.165, 1.54) is 24.4 Å². The summed E-state index contributed by atoms with van der Waals surface area (Å²) in [6.45, 7) is 0. The molecule has 1 heterocycles. The number of nitroso groups, excluding NO2 is 1. The summed E-state index contributed by atoms with van der Waals surface area (Å²) >= 11 is 11.9. The molecule has 0 atom stereocenters. The van der Waals surface area contributed by atoms with Crippen molar-refractivity contribution in [3.05, 3.63) is 68.3 Å². The molecular weight excluding hydrogens is 289 g/mol. The van der Waals surface area contributed by atoms with Crippen LogP contribution in [0.1, 0.15) is 5.56 Å². The molecule has 0 aliphatic carbocycles. The summed E-state index contributed by atoms with van der Waals surface area (Å²) in [5.41, 5.74) is 0.0847. The fraction of sp³-hybridized carbons (Fsp3) is 0. The average Bonchev–Trinajstić information content (AvgIpc) is 2.43. The van der Waals surface area contributed by atoms with E-state index < -0.39 is 5.84 Å². The minimum atomic E-state index is -0.436. The van der Waals surface area contributed by atoms with Crippen molar-refractivity contribution in [2.24, 2.45) is 5.18 Å². The highest BCUT2D eigenvalue weighted by Gasteiger charge is 2.20. The second-order valence-corrected chi connectivity index (χ2v) is 4.31. The van der Waals surface area contributed by atoms with Gasteiger partial charge in [-0.3, -0.25) is 0 Å². The number of halogens is 2. The van der Waals surface area contributed by atoms with Gasteiger partial charge in [-0.25, -0.2) is 4.74 Å². The van der Waals surface area contributed by atoms with Crippen molar-refractivity contribution in [3.8, 4) is 0 Å². The third kappa shape index (κ3) is 2.72. The van der Waals surface area contributed by atoms with Crippen LogP contribution in [0.15, 0.2) is 47.8 Å². The SMILES string of the molecule is O=N/C(c1c(Cl)cccc1Cl)=[N+](/[O-])c1ccccn1. The van der Waals surface area contributed by atoms with E-state index in [-0.39, 0.29) is 21.4 Å². The lowest BCUT2D eigenvalue weighted by molar-refractivity contribution is -0.366. The Bertz CT molecular complexity index is 624. The summed E-state index contributed by atoms with van der Waals surface area (Å²) in [4.78, 5) is 14.8. The van der Waals surface area contributed by atoms with E-state index in [0.29, 0.717) is 4.74 Å². The lowest BCUT2D eigenvalue weighted by Gasteiger charge is -2.11. The summed E-state index contributed by atoms with van der Waals surface area (Å²) in [5, 5.41) is 15.1. The number of aromatic nitrogens is 1. The Morgan fingerprint density at radius 3 is 2.37 bits per heavy atom. The second-order valence-electron chi connectivity index (χ2n) is 3.49. The highest BCUT2D eigenvalue weighted by molar-refractivity contribution is 6.39. The largest absolute Gasteiger partial charge is 0.740 e. The molecule has 0 saturated carbocycles. The molecule has 0 radical (unpaired) electrons. The van der Waals surface area contributed by atoms with Gasteiger partial charge in [0.15, 0.2) is 0 Å². The molecule has 5 nitrogen and oxygen atoms in total. The second kappa shape index (κ2) is 5.77. The van der Waals surface area contributed by atoms with Gasteiger partial charge in [-0.05, 0) is 18.2 Å². The Balaban J connectivity index is 2.66. The van der Waals surface area contributed by atoms with Crippen LogP contribution in [0.25, 0.3) is 0 Å². The van der Waals surface area contributed by atoms with E-state index in [0.717, 1.165) is 0 Å². The van der Waals surface area contributed by atoms with Gasteiger partial charge in [-0.2, -0.15) is 0 Å². The number of rotatable bonds is 2. The third-order valence-electron chi connectivity index (χ3n) is 2.32. The molecule has 19 heavy (non-hydrogen) atoms. The maximum absolute atomic E-state index is 12.1. The zero-order chi connectivity index (χ0) is 13.8. The smallest absolute Gasteiger partial charge is 0.322 e. The van der Waals surface area contributed by atoms with Crippen LogP contribution in [0.3, 0.4) is 0 Å². The summed E-state index contributed by atoms with van der Waals surface area (Å²) < 4.78 is 0.292. The van der Waals surface area contributed by atoms with Gasteiger partial charge in [-0.15, -0.1) is 4.98 Å². The lowest BCUT2D eigenvalue weighted by atomic mass is 10.2. The first-order chi connectivity index (χ1) is 9.15. The van der Waals surface area contributed by atoms with E-state index in [1.54, 1.807) is 18.2 Å². The number of hydrogen-bond donors (Lipinski definition) is 0. The Morgan fingerprint density at radius 2 is 1.84 bits per heavy atom. The van der Waals surface area contributed by atoms with E-state index in [1.807, 2.05) is 0 Å². The molecule has 0 aliphatic heterocycles. The quantitative estimate of drug-likeness (QED) is 0.212. The highest BCUT2D eigenvalue weighted by atomic mass is 35.5. The molecule has 0 spiro atoms. The molecule has 0 bridgehead atoms. The fourth-order valence-electron chi connectivity index (χ4n) is 1.48. The van der Waals surface area contributed by atoms with Crippen molar-refractivity contribution >= 4 is 34.9 Å². The summed E-state index contributed by atoms with van der Waals surface area (Å²) in [6.07, 6.45) is 1.43. The predicted octanol–water partition coefficient (Wildman–Crippen LogP) is 3.74. The molecule has 2 aromatic rings. The Kier molecular flexibility index (Phi) is 4.09. The number of pyridine rings is 1. The molecule has 0 saturated heterocycles. The standard InChI is InChI=1S/C12H7Cl2N3O2/c13-8-4-3-5-9(14)11(8)12(16-18)17(19)10-6-1-2-7-15-10/h1-7H/b17-12+. The Hall–Kier alpha value is -1.98. The zero-order valence-corrected chi connectivity index (χ0v) is 11.0. The molecule has 0 amide bonds. The van der Waals surface area contributed by atoms with Crippen molar-refractivity contribution in [3.63, 3.8) is 0 Å². The highest BCUT2D eigenvalue weighted by Crippen LogP contribution is 2.26. The molecule has 0 unspecified atom stereocenters. The van der Waals surface area contributed by atoms with Crippen molar-refractivity contribution in [1.29, 1.82) is 0 Å². The molecule has 7 heteroatoms. The molecule has 0 fully saturated rings. The van der Waals surface area contributed by atoms with Gasteiger partial charge >= 0.3 is 5.84 Å². The van der Waals surface area contributed by atoms with Gasteiger partial charge in [0.1, 0.15) is 11.4 Å². The van der Waals surface area contributed by atoms with Crippen LogP contribution in [0, 0.1) is 10.1 Å². The monoisotopic (exact) mass is 295 g/mol. The molecule has 0 N–H and O–H groups in total. The van der Waals surface area contributed by atoms with Crippen molar-refractivity contribution < 1.29 is 4.74 Å². The first-order valence-electron chi connectivity index (χ1n) is 5.18. The summed E-state index contributed by atoms with van der Waals surface area (Å²) in [7, 11) is 0. The van der Waals surface area contributed by atoms with Crippen LogP contribution in [-0.4, -0.2) is 15.6 Å². The number of nitrogens with zero attached hydrogens (tertiary/aromatic N) is 3. The molecule has 96 valence electrons. The Labute approximate surface area is 118 Å². The van der Waals surface area contributed by atoms with Gasteiger partial charge in [-0.1, -0.05) is 40.2 Å². The lowest BCUT2D eigenvalue weighted by Crippen LogP contribution is -2.12. The summed E-state index contributed by atoms with van der Waals surface area (Å²) in [6, 6.07) is 9.34. The van der Waals surface area contributed by atoms with E-state index in [4.69, 9.17) is 23.2 Å². The van der Waals surface area contributed by atoms with Crippen LogP contribution in [0.2, 0.25) is 10.0 Å². The minimum absolute atomic E-state index is 0.0214. The van der Waals surface area contributed by atoms with Crippen LogP contribution < -0.4 is 0 Å². The predicted molar refractivity (Wildman–Crippen MR) is 73.9 cm³/mol. The van der Waals surface area contributed by atoms with E-state index in [2.05, 4.69) is 10.2 Å². The van der Waals surface area contributed by atoms with Crippen molar-refractivity contribution in [2.75, 3.05) is 0 Å². The first-order valence-corrected chi connectivity index (χ1v) is 5.93. The minimum Gasteiger partial charge on any atom is -0.740 e. The van der Waals surface area contributed by atoms with Gasteiger partial charge in [0.05, 0.1) is 15.6 Å². The van der Waals surface area contributed by atoms with Crippen LogP contribution in [0.4, 0.5) is 5.82 Å². The van der Waals surface area contributed by atoms with E-state index >= 15 is 0 Å². The number of hydrogen-bond acceptors (Lipinski definition) is 3. The van der Waals surface area contributed by atoms with Gasteiger partial charge < -0.3 is 5.21 Å². The van der Waals surface area contributed by atoms with E-state index in [9.17, 15) is 10.1 Å². The van der Waals surface area contributed by atoms with Crippen molar-refractivity contribution in [2.45, 2.75) is 0 Å². The zero-order valence-electron chi connectivity index (χ0n) is 9.46. The van der Waals surface area contributed by atoms with Crippen molar-refractivity contribution in [1.82, 2.24) is 4.98 Å². The average molecular weight is 296 g/mol. The molecule has 2 rings (SSSR count). The van der Waals surface area contributed by atoms with Crippen LogP contribution >= 0.6 is 23.2 Å². The van der Waals surface area contributed by atoms with Gasteiger partial charge in [0.25, 0.3) is 5.82 Å². The summed E-state index contributed by atoms with van der Waals surface area (Å²) in [5.74, 6) is -0.414. The topological polar surface area (TPSA) is 68.4 Å². The fourth-order valence-corrected chi connectivity index (χ4v) is 2.04. The third-order valence-corrected chi connectivity index (χ3v) is 2.95. The van der Waals surface area contributed by atoms with Crippen LogP contribution in [-0.2, 0) is 0 Å². The molecule has 1 aromatic carbocycles.